The summed E-state index contributed by atoms with van der Waals surface area (Å²) in [6, 6.07) is 7.73. The van der Waals surface area contributed by atoms with Crippen LogP contribution in [-0.4, -0.2) is 25.3 Å². The first kappa shape index (κ1) is 14.4. The lowest BCUT2D eigenvalue weighted by atomic mass is 10.1. The van der Waals surface area contributed by atoms with Crippen molar-refractivity contribution in [3.05, 3.63) is 29.8 Å². The molecular formula is C14H20N2O2. The Labute approximate surface area is 108 Å². The van der Waals surface area contributed by atoms with Gasteiger partial charge in [0.1, 0.15) is 5.78 Å². The Balaban J connectivity index is 2.42. The van der Waals surface area contributed by atoms with Crippen LogP contribution in [0.4, 0.5) is 5.69 Å². The third-order valence-electron chi connectivity index (χ3n) is 2.57. The third-order valence-corrected chi connectivity index (χ3v) is 2.57. The molecule has 0 aliphatic heterocycles. The number of amides is 1. The number of Topliss-reactive ketones (excluding diaryl/α,β-unsaturated/α-hetero) is 1. The van der Waals surface area contributed by atoms with Crippen LogP contribution in [0.15, 0.2) is 24.3 Å². The Kier molecular flexibility index (Phi) is 6.08. The van der Waals surface area contributed by atoms with Crippen molar-refractivity contribution in [2.24, 2.45) is 0 Å². The van der Waals surface area contributed by atoms with Crippen molar-refractivity contribution in [2.75, 3.05) is 18.9 Å². The van der Waals surface area contributed by atoms with Gasteiger partial charge in [0, 0.05) is 12.1 Å². The van der Waals surface area contributed by atoms with E-state index in [1.165, 1.54) is 5.56 Å². The molecular weight excluding hydrogens is 228 g/mol. The zero-order valence-corrected chi connectivity index (χ0v) is 11.0. The van der Waals surface area contributed by atoms with E-state index in [9.17, 15) is 9.59 Å². The second kappa shape index (κ2) is 7.61. The number of carbonyl (C=O) groups is 2. The molecule has 0 radical (unpaired) electrons. The summed E-state index contributed by atoms with van der Waals surface area (Å²) in [5.74, 6) is 0.174. The van der Waals surface area contributed by atoms with Crippen molar-refractivity contribution >= 4 is 17.4 Å². The molecule has 18 heavy (non-hydrogen) atoms. The standard InChI is InChI=1S/C14H20N2O2/c1-11(17)4-3-5-12-6-8-13(9-7-12)16-14(18)10-15-2/h6-9,15H,3-5,10H2,1-2H3,(H,16,18). The SMILES string of the molecule is CNCC(=O)Nc1ccc(CCCC(C)=O)cc1. The van der Waals surface area contributed by atoms with Crippen LogP contribution < -0.4 is 10.6 Å². The summed E-state index contributed by atoms with van der Waals surface area (Å²) in [6.07, 6.45) is 2.39. The average Bonchev–Trinajstić information content (AvgIpc) is 2.31. The summed E-state index contributed by atoms with van der Waals surface area (Å²) >= 11 is 0. The number of rotatable bonds is 7. The number of benzene rings is 1. The van der Waals surface area contributed by atoms with Gasteiger partial charge in [0.05, 0.1) is 6.54 Å². The molecule has 0 atom stereocenters. The highest BCUT2D eigenvalue weighted by molar-refractivity contribution is 5.92. The van der Waals surface area contributed by atoms with Gasteiger partial charge in [0.15, 0.2) is 0 Å². The summed E-state index contributed by atoms with van der Waals surface area (Å²) in [7, 11) is 1.73. The minimum absolute atomic E-state index is 0.0539. The second-order valence-corrected chi connectivity index (χ2v) is 4.33. The molecule has 0 saturated carbocycles. The van der Waals surface area contributed by atoms with Gasteiger partial charge in [-0.3, -0.25) is 4.79 Å². The van der Waals surface area contributed by atoms with Crippen molar-refractivity contribution in [1.29, 1.82) is 0 Å². The molecule has 0 aromatic heterocycles. The number of aryl methyl sites for hydroxylation is 1. The van der Waals surface area contributed by atoms with E-state index < -0.39 is 0 Å². The number of ketones is 1. The minimum atomic E-state index is -0.0539. The summed E-state index contributed by atoms with van der Waals surface area (Å²) in [5, 5.41) is 5.58. The molecule has 98 valence electrons. The van der Waals surface area contributed by atoms with Crippen LogP contribution in [0, 0.1) is 0 Å². The number of nitrogens with one attached hydrogen (secondary N) is 2. The Bertz CT molecular complexity index is 399. The van der Waals surface area contributed by atoms with Crippen LogP contribution in [0.1, 0.15) is 25.3 Å². The zero-order chi connectivity index (χ0) is 13.4. The fraction of sp³-hybridized carbons (Fsp3) is 0.429. The molecule has 1 amide bonds. The monoisotopic (exact) mass is 248 g/mol. The number of hydrogen-bond acceptors (Lipinski definition) is 3. The molecule has 4 nitrogen and oxygen atoms in total. The molecule has 0 bridgehead atoms. The molecule has 0 saturated heterocycles. The molecule has 1 aromatic rings. The number of hydrogen-bond donors (Lipinski definition) is 2. The van der Waals surface area contributed by atoms with E-state index in [0.717, 1.165) is 18.5 Å². The van der Waals surface area contributed by atoms with E-state index in [0.29, 0.717) is 13.0 Å². The molecule has 4 heteroatoms. The van der Waals surface area contributed by atoms with Crippen molar-refractivity contribution in [2.45, 2.75) is 26.2 Å². The number of anilines is 1. The molecule has 0 fully saturated rings. The van der Waals surface area contributed by atoms with Crippen LogP contribution in [0.25, 0.3) is 0 Å². The molecule has 1 rings (SSSR count). The first-order valence-corrected chi connectivity index (χ1v) is 6.14. The molecule has 0 heterocycles. The van der Waals surface area contributed by atoms with Gasteiger partial charge in [-0.25, -0.2) is 0 Å². The highest BCUT2D eigenvalue weighted by Crippen LogP contribution is 2.11. The predicted octanol–water partition coefficient (Wildman–Crippen LogP) is 1.76. The third kappa shape index (κ3) is 5.59. The van der Waals surface area contributed by atoms with Gasteiger partial charge in [-0.2, -0.15) is 0 Å². The minimum Gasteiger partial charge on any atom is -0.325 e. The Morgan fingerprint density at radius 2 is 1.83 bits per heavy atom. The van der Waals surface area contributed by atoms with Gasteiger partial charge < -0.3 is 15.4 Å². The molecule has 2 N–H and O–H groups in total. The van der Waals surface area contributed by atoms with Crippen molar-refractivity contribution < 1.29 is 9.59 Å². The number of likely N-dealkylation sites (N-methyl/N-ethyl adjacent to an activating group) is 1. The largest absolute Gasteiger partial charge is 0.325 e. The highest BCUT2D eigenvalue weighted by atomic mass is 16.2. The maximum atomic E-state index is 11.3. The van der Waals surface area contributed by atoms with Gasteiger partial charge in [-0.1, -0.05) is 12.1 Å². The van der Waals surface area contributed by atoms with Crippen LogP contribution in [0.3, 0.4) is 0 Å². The molecule has 0 aliphatic carbocycles. The van der Waals surface area contributed by atoms with Gasteiger partial charge in [-0.05, 0) is 44.5 Å². The lowest BCUT2D eigenvalue weighted by Gasteiger charge is -2.06. The van der Waals surface area contributed by atoms with Crippen LogP contribution in [-0.2, 0) is 16.0 Å². The van der Waals surface area contributed by atoms with Crippen LogP contribution in [0.2, 0.25) is 0 Å². The van der Waals surface area contributed by atoms with E-state index in [2.05, 4.69) is 10.6 Å². The van der Waals surface area contributed by atoms with Gasteiger partial charge in [0.2, 0.25) is 5.91 Å². The maximum absolute atomic E-state index is 11.3. The number of carbonyl (C=O) groups excluding carboxylic acids is 2. The van der Waals surface area contributed by atoms with Gasteiger partial charge in [-0.15, -0.1) is 0 Å². The lowest BCUT2D eigenvalue weighted by Crippen LogP contribution is -2.24. The predicted molar refractivity (Wildman–Crippen MR) is 72.6 cm³/mol. The van der Waals surface area contributed by atoms with E-state index >= 15 is 0 Å². The van der Waals surface area contributed by atoms with E-state index in [1.807, 2.05) is 24.3 Å². The topological polar surface area (TPSA) is 58.2 Å². The fourth-order valence-corrected chi connectivity index (χ4v) is 1.66. The molecule has 0 unspecified atom stereocenters. The molecule has 0 aliphatic rings. The summed E-state index contributed by atoms with van der Waals surface area (Å²) in [5.41, 5.74) is 1.98. The maximum Gasteiger partial charge on any atom is 0.238 e. The summed E-state index contributed by atoms with van der Waals surface area (Å²) in [4.78, 5) is 22.2. The normalized spacial score (nSPS) is 10.1. The van der Waals surface area contributed by atoms with E-state index in [4.69, 9.17) is 0 Å². The Hall–Kier alpha value is -1.68. The van der Waals surface area contributed by atoms with E-state index in [-0.39, 0.29) is 11.7 Å². The van der Waals surface area contributed by atoms with Crippen LogP contribution >= 0.6 is 0 Å². The zero-order valence-electron chi connectivity index (χ0n) is 11.0. The van der Waals surface area contributed by atoms with E-state index in [1.54, 1.807) is 14.0 Å². The average molecular weight is 248 g/mol. The van der Waals surface area contributed by atoms with Gasteiger partial charge in [0.25, 0.3) is 0 Å². The van der Waals surface area contributed by atoms with Gasteiger partial charge >= 0.3 is 0 Å². The van der Waals surface area contributed by atoms with Crippen molar-refractivity contribution in [3.8, 4) is 0 Å². The quantitative estimate of drug-likeness (QED) is 0.773. The first-order valence-electron chi connectivity index (χ1n) is 6.14. The smallest absolute Gasteiger partial charge is 0.238 e. The van der Waals surface area contributed by atoms with Crippen molar-refractivity contribution in [3.63, 3.8) is 0 Å². The van der Waals surface area contributed by atoms with Crippen LogP contribution in [0.5, 0.6) is 0 Å². The van der Waals surface area contributed by atoms with Crippen molar-refractivity contribution in [1.82, 2.24) is 5.32 Å². The second-order valence-electron chi connectivity index (χ2n) is 4.33. The summed E-state index contributed by atoms with van der Waals surface area (Å²) in [6.45, 7) is 1.92. The Morgan fingerprint density at radius 1 is 1.17 bits per heavy atom. The molecule has 0 spiro atoms. The lowest BCUT2D eigenvalue weighted by molar-refractivity contribution is -0.117. The first-order chi connectivity index (χ1) is 8.61. The Morgan fingerprint density at radius 3 is 2.39 bits per heavy atom. The summed E-state index contributed by atoms with van der Waals surface area (Å²) < 4.78 is 0. The highest BCUT2D eigenvalue weighted by Gasteiger charge is 2.01. The fourth-order valence-electron chi connectivity index (χ4n) is 1.66. The molecule has 1 aromatic carbocycles.